The van der Waals surface area contributed by atoms with Crippen LogP contribution in [0.5, 0.6) is 0 Å². The number of nitrogens with one attached hydrogen (secondary N) is 1. The van der Waals surface area contributed by atoms with Crippen LogP contribution in [-0.2, 0) is 4.74 Å². The number of nitrogens with zero attached hydrogens (tertiary/aromatic N) is 4. The first-order valence-corrected chi connectivity index (χ1v) is 7.75. The number of methoxy groups -OCH3 is 1. The Balaban J connectivity index is 2.05. The van der Waals surface area contributed by atoms with Crippen LogP contribution in [0.2, 0.25) is 0 Å². The van der Waals surface area contributed by atoms with Gasteiger partial charge in [-0.25, -0.2) is 4.98 Å². The van der Waals surface area contributed by atoms with Crippen molar-refractivity contribution in [1.29, 1.82) is 0 Å². The van der Waals surface area contributed by atoms with Crippen molar-refractivity contribution >= 4 is 5.96 Å². The summed E-state index contributed by atoms with van der Waals surface area (Å²) in [6, 6.07) is 0.451. The van der Waals surface area contributed by atoms with E-state index in [9.17, 15) is 0 Å². The molecule has 1 N–H and O–H groups in total. The van der Waals surface area contributed by atoms with Crippen LogP contribution >= 0.6 is 0 Å². The number of ether oxygens (including phenoxy) is 1. The quantitative estimate of drug-likeness (QED) is 0.506. The van der Waals surface area contributed by atoms with E-state index in [2.05, 4.69) is 44.8 Å². The summed E-state index contributed by atoms with van der Waals surface area (Å²) in [7, 11) is 1.71. The van der Waals surface area contributed by atoms with E-state index >= 15 is 0 Å². The van der Waals surface area contributed by atoms with E-state index in [-0.39, 0.29) is 0 Å². The molecule has 0 saturated carbocycles. The molecule has 118 valence electrons. The first-order chi connectivity index (χ1) is 10.3. The second kappa shape index (κ2) is 8.02. The van der Waals surface area contributed by atoms with Gasteiger partial charge in [-0.1, -0.05) is 6.92 Å². The number of guanidine groups is 1. The van der Waals surface area contributed by atoms with Gasteiger partial charge < -0.3 is 19.5 Å². The lowest BCUT2D eigenvalue weighted by Crippen LogP contribution is -2.49. The molecule has 1 aliphatic rings. The van der Waals surface area contributed by atoms with Gasteiger partial charge in [-0.3, -0.25) is 4.99 Å². The number of rotatable bonds is 5. The van der Waals surface area contributed by atoms with Crippen LogP contribution in [0.15, 0.2) is 23.7 Å². The van der Waals surface area contributed by atoms with Crippen molar-refractivity contribution in [2.75, 3.05) is 39.9 Å². The lowest BCUT2D eigenvalue weighted by molar-refractivity contribution is 0.186. The minimum atomic E-state index is 0.451. The summed E-state index contributed by atoms with van der Waals surface area (Å²) in [4.78, 5) is 11.2. The Morgan fingerprint density at radius 2 is 2.38 bits per heavy atom. The topological polar surface area (TPSA) is 54.7 Å². The summed E-state index contributed by atoms with van der Waals surface area (Å²) in [5, 5.41) is 3.39. The molecule has 6 heteroatoms. The molecule has 1 aromatic rings. The van der Waals surface area contributed by atoms with E-state index in [0.29, 0.717) is 25.1 Å². The summed E-state index contributed by atoms with van der Waals surface area (Å²) >= 11 is 0. The highest BCUT2D eigenvalue weighted by atomic mass is 16.5. The molecule has 2 heterocycles. The van der Waals surface area contributed by atoms with Gasteiger partial charge in [-0.15, -0.1) is 0 Å². The van der Waals surface area contributed by atoms with E-state index in [4.69, 9.17) is 4.74 Å². The minimum Gasteiger partial charge on any atom is -0.383 e. The monoisotopic (exact) mass is 293 g/mol. The highest BCUT2D eigenvalue weighted by Gasteiger charge is 2.28. The fraction of sp³-hybridized carbons (Fsp3) is 0.733. The number of piperidine rings is 1. The number of imidazole rings is 1. The molecule has 1 saturated heterocycles. The molecule has 0 bridgehead atoms. The number of likely N-dealkylation sites (tertiary alicyclic amines) is 1. The minimum absolute atomic E-state index is 0.451. The predicted octanol–water partition coefficient (Wildman–Crippen LogP) is 1.38. The number of aromatic nitrogens is 2. The average Bonchev–Trinajstić information content (AvgIpc) is 3.01. The fourth-order valence-corrected chi connectivity index (χ4v) is 2.76. The molecule has 0 aliphatic carbocycles. The van der Waals surface area contributed by atoms with Crippen molar-refractivity contribution in [3.63, 3.8) is 0 Å². The first kappa shape index (κ1) is 15.8. The molecular formula is C15H27N5O. The second-order valence-electron chi connectivity index (χ2n) is 5.52. The molecule has 0 radical (unpaired) electrons. The largest absolute Gasteiger partial charge is 0.383 e. The maximum atomic E-state index is 5.09. The highest BCUT2D eigenvalue weighted by molar-refractivity contribution is 5.80. The van der Waals surface area contributed by atoms with Gasteiger partial charge in [0, 0.05) is 39.1 Å². The smallest absolute Gasteiger partial charge is 0.194 e. The Morgan fingerprint density at radius 3 is 3.05 bits per heavy atom. The summed E-state index contributed by atoms with van der Waals surface area (Å²) in [6.45, 7) is 8.67. The van der Waals surface area contributed by atoms with Gasteiger partial charge in [0.15, 0.2) is 5.96 Å². The van der Waals surface area contributed by atoms with Crippen LogP contribution in [0.4, 0.5) is 0 Å². The van der Waals surface area contributed by atoms with E-state index in [1.807, 2.05) is 12.5 Å². The molecule has 2 unspecified atom stereocenters. The van der Waals surface area contributed by atoms with E-state index in [1.54, 1.807) is 7.11 Å². The van der Waals surface area contributed by atoms with Crippen molar-refractivity contribution in [1.82, 2.24) is 19.8 Å². The number of hydrogen-bond acceptors (Lipinski definition) is 3. The summed E-state index contributed by atoms with van der Waals surface area (Å²) in [5.74, 6) is 1.64. The zero-order valence-electron chi connectivity index (χ0n) is 13.3. The summed E-state index contributed by atoms with van der Waals surface area (Å²) in [6.07, 6.45) is 6.99. The Morgan fingerprint density at radius 1 is 1.52 bits per heavy atom. The van der Waals surface area contributed by atoms with Crippen molar-refractivity contribution in [2.45, 2.75) is 26.3 Å². The highest BCUT2D eigenvalue weighted by Crippen LogP contribution is 2.27. The van der Waals surface area contributed by atoms with Gasteiger partial charge in [0.2, 0.25) is 0 Å². The van der Waals surface area contributed by atoms with Gasteiger partial charge in [0.25, 0.3) is 0 Å². The molecule has 0 spiro atoms. The Kier molecular flexibility index (Phi) is 6.04. The predicted molar refractivity (Wildman–Crippen MR) is 84.5 cm³/mol. The molecule has 21 heavy (non-hydrogen) atoms. The third kappa shape index (κ3) is 4.20. The summed E-state index contributed by atoms with van der Waals surface area (Å²) < 4.78 is 7.31. The Hall–Kier alpha value is -1.56. The number of hydrogen-bond donors (Lipinski definition) is 1. The molecule has 0 amide bonds. The molecule has 1 aliphatic heterocycles. The van der Waals surface area contributed by atoms with Crippen LogP contribution in [0, 0.1) is 5.92 Å². The SMILES string of the molecule is CCNC(=NCCOC)N1CCC(C)C(n2ccnc2)C1. The molecular weight excluding hydrogens is 266 g/mol. The van der Waals surface area contributed by atoms with Gasteiger partial charge >= 0.3 is 0 Å². The van der Waals surface area contributed by atoms with Gasteiger partial charge in [-0.05, 0) is 19.3 Å². The molecule has 1 fully saturated rings. The summed E-state index contributed by atoms with van der Waals surface area (Å²) in [5.41, 5.74) is 0. The van der Waals surface area contributed by atoms with Crippen molar-refractivity contribution in [2.24, 2.45) is 10.9 Å². The van der Waals surface area contributed by atoms with Crippen molar-refractivity contribution in [3.8, 4) is 0 Å². The standard InChI is InChI=1S/C15H27N5O/c1-4-17-15(18-7-10-21-3)19-8-5-13(2)14(11-19)20-9-6-16-12-20/h6,9,12-14H,4-5,7-8,10-11H2,1-3H3,(H,17,18). The lowest BCUT2D eigenvalue weighted by Gasteiger charge is -2.39. The van der Waals surface area contributed by atoms with Crippen molar-refractivity contribution < 1.29 is 4.74 Å². The van der Waals surface area contributed by atoms with E-state index < -0.39 is 0 Å². The zero-order valence-corrected chi connectivity index (χ0v) is 13.3. The maximum Gasteiger partial charge on any atom is 0.194 e. The molecule has 6 nitrogen and oxygen atoms in total. The van der Waals surface area contributed by atoms with Gasteiger partial charge in [0.1, 0.15) is 0 Å². The van der Waals surface area contributed by atoms with Crippen LogP contribution in [0.3, 0.4) is 0 Å². The molecule has 2 rings (SSSR count). The fourth-order valence-electron chi connectivity index (χ4n) is 2.76. The second-order valence-corrected chi connectivity index (χ2v) is 5.52. The third-order valence-electron chi connectivity index (χ3n) is 4.02. The maximum absolute atomic E-state index is 5.09. The van der Waals surface area contributed by atoms with Crippen LogP contribution in [-0.4, -0.2) is 60.3 Å². The Labute approximate surface area is 127 Å². The normalized spacial score (nSPS) is 23.4. The zero-order chi connectivity index (χ0) is 15.1. The van der Waals surface area contributed by atoms with E-state index in [1.165, 1.54) is 0 Å². The Bertz CT molecular complexity index is 431. The lowest BCUT2D eigenvalue weighted by atomic mass is 9.93. The van der Waals surface area contributed by atoms with Crippen LogP contribution < -0.4 is 5.32 Å². The van der Waals surface area contributed by atoms with Crippen LogP contribution in [0.25, 0.3) is 0 Å². The van der Waals surface area contributed by atoms with Gasteiger partial charge in [-0.2, -0.15) is 0 Å². The third-order valence-corrected chi connectivity index (χ3v) is 4.02. The average molecular weight is 293 g/mol. The van der Waals surface area contributed by atoms with Crippen molar-refractivity contribution in [3.05, 3.63) is 18.7 Å². The van der Waals surface area contributed by atoms with Gasteiger partial charge in [0.05, 0.1) is 25.5 Å². The number of aliphatic imine (C=N–C) groups is 1. The molecule has 0 aromatic carbocycles. The molecule has 2 atom stereocenters. The first-order valence-electron chi connectivity index (χ1n) is 7.75. The van der Waals surface area contributed by atoms with E-state index in [0.717, 1.165) is 32.0 Å². The van der Waals surface area contributed by atoms with Crippen LogP contribution in [0.1, 0.15) is 26.3 Å². The molecule has 1 aromatic heterocycles.